The van der Waals surface area contributed by atoms with E-state index in [0.717, 1.165) is 12.5 Å². The van der Waals surface area contributed by atoms with Crippen LogP contribution in [-0.2, 0) is 4.84 Å². The van der Waals surface area contributed by atoms with Crippen LogP contribution in [0.2, 0.25) is 0 Å². The molecule has 0 aromatic heterocycles. The van der Waals surface area contributed by atoms with Gasteiger partial charge < -0.3 is 4.84 Å². The monoisotopic (exact) mass is 115 g/mol. The van der Waals surface area contributed by atoms with Gasteiger partial charge in [-0.05, 0) is 12.3 Å². The molecular formula is C6H13NO. The molecule has 1 N–H and O–H groups in total. The van der Waals surface area contributed by atoms with Crippen LogP contribution in [0.3, 0.4) is 0 Å². The average Bonchev–Trinajstić information content (AvgIpc) is 2.51. The van der Waals surface area contributed by atoms with Gasteiger partial charge in [0.05, 0.1) is 7.11 Å². The molecule has 0 saturated heterocycles. The van der Waals surface area contributed by atoms with Gasteiger partial charge in [0.15, 0.2) is 0 Å². The molecule has 0 aromatic rings. The van der Waals surface area contributed by atoms with Gasteiger partial charge in [0.1, 0.15) is 0 Å². The molecule has 0 heterocycles. The summed E-state index contributed by atoms with van der Waals surface area (Å²) >= 11 is 0. The molecule has 1 saturated carbocycles. The molecule has 1 fully saturated rings. The molecule has 8 heavy (non-hydrogen) atoms. The van der Waals surface area contributed by atoms with Crippen LogP contribution in [0.4, 0.5) is 0 Å². The van der Waals surface area contributed by atoms with Gasteiger partial charge in [-0.2, -0.15) is 0 Å². The van der Waals surface area contributed by atoms with Gasteiger partial charge >= 0.3 is 0 Å². The van der Waals surface area contributed by atoms with Crippen molar-refractivity contribution in [3.05, 3.63) is 0 Å². The van der Waals surface area contributed by atoms with Gasteiger partial charge in [0.2, 0.25) is 0 Å². The molecule has 2 heteroatoms. The van der Waals surface area contributed by atoms with E-state index in [1.54, 1.807) is 7.11 Å². The van der Waals surface area contributed by atoms with Gasteiger partial charge in [-0.1, -0.05) is 12.8 Å². The molecule has 0 bridgehead atoms. The topological polar surface area (TPSA) is 21.3 Å². The highest BCUT2D eigenvalue weighted by Crippen LogP contribution is 2.31. The molecule has 1 aliphatic rings. The Labute approximate surface area is 50.2 Å². The highest BCUT2D eigenvalue weighted by atomic mass is 16.6. The lowest BCUT2D eigenvalue weighted by atomic mass is 10.3. The lowest BCUT2D eigenvalue weighted by Crippen LogP contribution is -2.13. The average molecular weight is 115 g/mol. The predicted molar refractivity (Wildman–Crippen MR) is 32.4 cm³/mol. The highest BCUT2D eigenvalue weighted by Gasteiger charge is 2.19. The van der Waals surface area contributed by atoms with Crippen LogP contribution in [0.5, 0.6) is 0 Å². The molecule has 0 spiro atoms. The van der Waals surface area contributed by atoms with E-state index in [-0.39, 0.29) is 0 Å². The molecule has 2 nitrogen and oxygen atoms in total. The summed E-state index contributed by atoms with van der Waals surface area (Å²) in [5, 5.41) is 0. The van der Waals surface area contributed by atoms with E-state index in [0.29, 0.717) is 0 Å². The first-order valence-corrected chi connectivity index (χ1v) is 3.19. The first-order valence-electron chi connectivity index (χ1n) is 3.19. The fourth-order valence-corrected chi connectivity index (χ4v) is 0.772. The molecule has 1 aliphatic carbocycles. The van der Waals surface area contributed by atoms with Gasteiger partial charge in [0.25, 0.3) is 0 Å². The summed E-state index contributed by atoms with van der Waals surface area (Å²) in [7, 11) is 1.66. The standard InChI is InChI=1S/C6H13NO/c1-8-7-5-4-6-2-3-6/h6-7H,2-5H2,1H3. The summed E-state index contributed by atoms with van der Waals surface area (Å²) in [5.74, 6) is 1.01. The lowest BCUT2D eigenvalue weighted by Gasteiger charge is -1.97. The number of hydrogen-bond acceptors (Lipinski definition) is 2. The van der Waals surface area contributed by atoms with E-state index in [4.69, 9.17) is 0 Å². The SMILES string of the molecule is CONCCC1CC1. The molecule has 0 aliphatic heterocycles. The molecular weight excluding hydrogens is 102 g/mol. The van der Waals surface area contributed by atoms with Crippen molar-refractivity contribution in [1.82, 2.24) is 5.48 Å². The lowest BCUT2D eigenvalue weighted by molar-refractivity contribution is 0.0899. The van der Waals surface area contributed by atoms with Crippen molar-refractivity contribution in [2.24, 2.45) is 5.92 Å². The van der Waals surface area contributed by atoms with E-state index in [1.165, 1.54) is 19.3 Å². The van der Waals surface area contributed by atoms with Gasteiger partial charge in [-0.25, -0.2) is 5.48 Å². The summed E-state index contributed by atoms with van der Waals surface area (Å²) in [4.78, 5) is 4.67. The minimum Gasteiger partial charge on any atom is -0.305 e. The number of hydroxylamine groups is 1. The summed E-state index contributed by atoms with van der Waals surface area (Å²) < 4.78 is 0. The maximum atomic E-state index is 4.67. The van der Waals surface area contributed by atoms with Crippen molar-refractivity contribution in [2.75, 3.05) is 13.7 Å². The van der Waals surface area contributed by atoms with Crippen molar-refractivity contribution in [3.63, 3.8) is 0 Å². The predicted octanol–water partition coefficient (Wildman–Crippen LogP) is 0.937. The summed E-state index contributed by atoms with van der Waals surface area (Å²) in [6, 6.07) is 0. The quantitative estimate of drug-likeness (QED) is 0.435. The minimum atomic E-state index is 1.01. The third-order valence-corrected chi connectivity index (χ3v) is 1.50. The van der Waals surface area contributed by atoms with Crippen molar-refractivity contribution >= 4 is 0 Å². The second-order valence-corrected chi connectivity index (χ2v) is 2.33. The summed E-state index contributed by atoms with van der Waals surface area (Å²) in [6.07, 6.45) is 4.16. The molecule has 48 valence electrons. The van der Waals surface area contributed by atoms with Crippen LogP contribution in [0.25, 0.3) is 0 Å². The van der Waals surface area contributed by atoms with Gasteiger partial charge in [0, 0.05) is 6.54 Å². The zero-order chi connectivity index (χ0) is 5.82. The normalized spacial score (nSPS) is 19.1. The van der Waals surface area contributed by atoms with Gasteiger partial charge in [-0.15, -0.1) is 0 Å². The highest BCUT2D eigenvalue weighted by molar-refractivity contribution is 4.72. The molecule has 0 aromatic carbocycles. The van der Waals surface area contributed by atoms with Crippen molar-refractivity contribution < 1.29 is 4.84 Å². The Morgan fingerprint density at radius 1 is 1.62 bits per heavy atom. The van der Waals surface area contributed by atoms with Crippen LogP contribution in [-0.4, -0.2) is 13.7 Å². The first kappa shape index (κ1) is 6.05. The Bertz CT molecular complexity index is 61.5. The molecule has 1 rings (SSSR count). The zero-order valence-electron chi connectivity index (χ0n) is 5.31. The van der Waals surface area contributed by atoms with Crippen molar-refractivity contribution in [3.8, 4) is 0 Å². The molecule has 0 unspecified atom stereocenters. The number of rotatable bonds is 4. The number of nitrogens with one attached hydrogen (secondary N) is 1. The molecule has 0 atom stereocenters. The second-order valence-electron chi connectivity index (χ2n) is 2.33. The Hall–Kier alpha value is -0.0800. The van der Waals surface area contributed by atoms with E-state index in [2.05, 4.69) is 10.3 Å². The molecule has 0 amide bonds. The van der Waals surface area contributed by atoms with E-state index < -0.39 is 0 Å². The fourth-order valence-electron chi connectivity index (χ4n) is 0.772. The van der Waals surface area contributed by atoms with Crippen LogP contribution < -0.4 is 5.48 Å². The Morgan fingerprint density at radius 3 is 2.88 bits per heavy atom. The Balaban J connectivity index is 1.74. The van der Waals surface area contributed by atoms with Crippen molar-refractivity contribution in [2.45, 2.75) is 19.3 Å². The number of hydrogen-bond donors (Lipinski definition) is 1. The van der Waals surface area contributed by atoms with E-state index in [9.17, 15) is 0 Å². The van der Waals surface area contributed by atoms with Crippen LogP contribution in [0.15, 0.2) is 0 Å². The minimum absolute atomic E-state index is 1.01. The van der Waals surface area contributed by atoms with Gasteiger partial charge in [-0.3, -0.25) is 0 Å². The van der Waals surface area contributed by atoms with Crippen molar-refractivity contribution in [1.29, 1.82) is 0 Å². The zero-order valence-corrected chi connectivity index (χ0v) is 5.31. The van der Waals surface area contributed by atoms with Crippen LogP contribution >= 0.6 is 0 Å². The third-order valence-electron chi connectivity index (χ3n) is 1.50. The summed E-state index contributed by atoms with van der Waals surface area (Å²) in [6.45, 7) is 1.02. The van der Waals surface area contributed by atoms with E-state index >= 15 is 0 Å². The third kappa shape index (κ3) is 2.28. The smallest absolute Gasteiger partial charge is 0.0572 e. The van der Waals surface area contributed by atoms with E-state index in [1.807, 2.05) is 0 Å². The molecule has 0 radical (unpaired) electrons. The Kier molecular flexibility index (Phi) is 2.30. The maximum absolute atomic E-state index is 4.67. The van der Waals surface area contributed by atoms with Crippen LogP contribution in [0.1, 0.15) is 19.3 Å². The maximum Gasteiger partial charge on any atom is 0.0572 e. The second kappa shape index (κ2) is 3.05. The Morgan fingerprint density at radius 2 is 2.38 bits per heavy atom. The summed E-state index contributed by atoms with van der Waals surface area (Å²) in [5.41, 5.74) is 2.82. The largest absolute Gasteiger partial charge is 0.305 e. The fraction of sp³-hybridized carbons (Fsp3) is 1.00. The van der Waals surface area contributed by atoms with Crippen LogP contribution in [0, 0.1) is 5.92 Å². The first-order chi connectivity index (χ1) is 3.93.